The van der Waals surface area contributed by atoms with Crippen LogP contribution in [0.1, 0.15) is 13.3 Å². The predicted octanol–water partition coefficient (Wildman–Crippen LogP) is 1.02. The number of hydrogen-bond donors (Lipinski definition) is 1. The Kier molecular flexibility index (Phi) is 2.55. The molecular weight excluding hydrogens is 174 g/mol. The molecule has 0 aromatic rings. The molecule has 2 aliphatic heterocycles. The Morgan fingerprint density at radius 2 is 2.57 bits per heavy atom. The van der Waals surface area contributed by atoms with E-state index in [1.165, 1.54) is 13.0 Å². The number of nitrogens with one attached hydrogen (secondary N) is 1. The predicted molar refractivity (Wildman–Crippen MR) is 55.4 cm³/mol. The second-order valence-corrected chi connectivity index (χ2v) is 3.94. The molecule has 0 spiro atoms. The molecule has 3 heteroatoms. The Balaban J connectivity index is 1.90. The first-order chi connectivity index (χ1) is 6.79. The second-order valence-electron chi connectivity index (χ2n) is 3.94. The molecule has 2 rings (SSSR count). The Hall–Kier alpha value is -1.27. The van der Waals surface area contributed by atoms with E-state index in [2.05, 4.69) is 29.3 Å². The van der Waals surface area contributed by atoms with Gasteiger partial charge in [-0.1, -0.05) is 6.08 Å². The van der Waals surface area contributed by atoms with E-state index in [1.807, 2.05) is 12.2 Å². The molecule has 0 bridgehead atoms. The van der Waals surface area contributed by atoms with Crippen molar-refractivity contribution < 1.29 is 0 Å². The zero-order chi connectivity index (χ0) is 9.97. The third-order valence-electron chi connectivity index (χ3n) is 2.91. The quantitative estimate of drug-likeness (QED) is 0.704. The molecule has 2 heterocycles. The number of nitrogens with zero attached hydrogens (tertiary/aromatic N) is 2. The highest BCUT2D eigenvalue weighted by Crippen LogP contribution is 2.17. The largest absolute Gasteiger partial charge is 0.369 e. The van der Waals surface area contributed by atoms with Gasteiger partial charge in [0.05, 0.1) is 6.07 Å². The van der Waals surface area contributed by atoms with Crippen LogP contribution in [0, 0.1) is 11.3 Å². The van der Waals surface area contributed by atoms with Crippen LogP contribution in [0.3, 0.4) is 0 Å². The third kappa shape index (κ3) is 1.80. The van der Waals surface area contributed by atoms with Crippen LogP contribution in [0.25, 0.3) is 0 Å². The molecule has 0 saturated carbocycles. The summed E-state index contributed by atoms with van der Waals surface area (Å²) in [7, 11) is 0. The van der Waals surface area contributed by atoms with Gasteiger partial charge < -0.3 is 5.32 Å². The Bertz CT molecular complexity index is 311. The summed E-state index contributed by atoms with van der Waals surface area (Å²) in [6.45, 7) is 4.37. The molecule has 0 aromatic heterocycles. The lowest BCUT2D eigenvalue weighted by Crippen LogP contribution is -2.48. The first-order valence-corrected chi connectivity index (χ1v) is 5.07. The maximum Gasteiger partial charge on any atom is 0.133 e. The summed E-state index contributed by atoms with van der Waals surface area (Å²) in [6, 6.07) is 2.75. The number of hydrogen-bond acceptors (Lipinski definition) is 3. The highest BCUT2D eigenvalue weighted by atomic mass is 15.2. The lowest BCUT2D eigenvalue weighted by molar-refractivity contribution is 0.115. The second kappa shape index (κ2) is 3.85. The van der Waals surface area contributed by atoms with Gasteiger partial charge in [0.15, 0.2) is 0 Å². The van der Waals surface area contributed by atoms with E-state index >= 15 is 0 Å². The SMILES string of the molecule is CC1CCN1CC1=CC=CC(C#N)N1. The molecule has 1 N–H and O–H groups in total. The van der Waals surface area contributed by atoms with Crippen molar-refractivity contribution in [3.63, 3.8) is 0 Å². The van der Waals surface area contributed by atoms with Crippen LogP contribution < -0.4 is 5.32 Å². The molecule has 14 heavy (non-hydrogen) atoms. The van der Waals surface area contributed by atoms with Gasteiger partial charge in [-0.2, -0.15) is 5.26 Å². The Morgan fingerprint density at radius 1 is 1.71 bits per heavy atom. The first kappa shape index (κ1) is 9.29. The summed E-state index contributed by atoms with van der Waals surface area (Å²) < 4.78 is 0. The number of allylic oxidation sites excluding steroid dienone is 2. The highest BCUT2D eigenvalue weighted by molar-refractivity contribution is 5.25. The van der Waals surface area contributed by atoms with Crippen LogP contribution in [-0.2, 0) is 0 Å². The Morgan fingerprint density at radius 3 is 3.14 bits per heavy atom. The van der Waals surface area contributed by atoms with Crippen molar-refractivity contribution in [2.24, 2.45) is 0 Å². The van der Waals surface area contributed by atoms with E-state index in [9.17, 15) is 0 Å². The van der Waals surface area contributed by atoms with Crippen LogP contribution >= 0.6 is 0 Å². The third-order valence-corrected chi connectivity index (χ3v) is 2.91. The highest BCUT2D eigenvalue weighted by Gasteiger charge is 2.24. The van der Waals surface area contributed by atoms with E-state index in [1.54, 1.807) is 0 Å². The van der Waals surface area contributed by atoms with Crippen molar-refractivity contribution in [1.82, 2.24) is 10.2 Å². The van der Waals surface area contributed by atoms with Gasteiger partial charge in [0, 0.05) is 24.8 Å². The van der Waals surface area contributed by atoms with Crippen LogP contribution in [0.4, 0.5) is 0 Å². The maximum absolute atomic E-state index is 8.76. The summed E-state index contributed by atoms with van der Waals surface area (Å²) in [5.41, 5.74) is 1.16. The van der Waals surface area contributed by atoms with E-state index in [0.29, 0.717) is 6.04 Å². The first-order valence-electron chi connectivity index (χ1n) is 5.07. The Labute approximate surface area is 84.7 Å². The summed E-state index contributed by atoms with van der Waals surface area (Å²) in [4.78, 5) is 2.41. The lowest BCUT2D eigenvalue weighted by Gasteiger charge is -2.39. The minimum atomic E-state index is -0.147. The molecule has 2 atom stereocenters. The molecular formula is C11H15N3. The average Bonchev–Trinajstić information content (AvgIpc) is 2.24. The van der Waals surface area contributed by atoms with Gasteiger partial charge in [0.1, 0.15) is 6.04 Å². The summed E-state index contributed by atoms with van der Waals surface area (Å²) >= 11 is 0. The normalized spacial score (nSPS) is 31.3. The number of likely N-dealkylation sites (tertiary alicyclic amines) is 1. The standard InChI is InChI=1S/C11H15N3/c1-9-5-6-14(9)8-11-4-2-3-10(7-12)13-11/h2-4,9-10,13H,5-6,8H2,1H3. The molecule has 0 aromatic carbocycles. The maximum atomic E-state index is 8.76. The van der Waals surface area contributed by atoms with E-state index < -0.39 is 0 Å². The minimum absolute atomic E-state index is 0.147. The molecule has 0 radical (unpaired) electrons. The number of dihydropyridines is 1. The van der Waals surface area contributed by atoms with E-state index in [-0.39, 0.29) is 6.04 Å². The average molecular weight is 189 g/mol. The molecule has 1 fully saturated rings. The summed E-state index contributed by atoms with van der Waals surface area (Å²) in [5, 5.41) is 12.0. The van der Waals surface area contributed by atoms with Crippen molar-refractivity contribution in [3.8, 4) is 6.07 Å². The summed E-state index contributed by atoms with van der Waals surface area (Å²) in [5.74, 6) is 0. The van der Waals surface area contributed by atoms with Crippen molar-refractivity contribution in [1.29, 1.82) is 5.26 Å². The van der Waals surface area contributed by atoms with E-state index in [0.717, 1.165) is 12.2 Å². The van der Waals surface area contributed by atoms with Crippen molar-refractivity contribution in [2.45, 2.75) is 25.4 Å². The molecule has 2 unspecified atom stereocenters. The smallest absolute Gasteiger partial charge is 0.133 e. The van der Waals surface area contributed by atoms with E-state index in [4.69, 9.17) is 5.26 Å². The van der Waals surface area contributed by atoms with Gasteiger partial charge in [-0.05, 0) is 25.5 Å². The van der Waals surface area contributed by atoms with Gasteiger partial charge in [-0.25, -0.2) is 0 Å². The van der Waals surface area contributed by atoms with Gasteiger partial charge in [0.25, 0.3) is 0 Å². The molecule has 2 aliphatic rings. The lowest BCUT2D eigenvalue weighted by atomic mass is 10.0. The summed E-state index contributed by atoms with van der Waals surface area (Å²) in [6.07, 6.45) is 7.19. The number of rotatable bonds is 2. The molecule has 3 nitrogen and oxygen atoms in total. The van der Waals surface area contributed by atoms with Crippen LogP contribution in [0.15, 0.2) is 23.9 Å². The minimum Gasteiger partial charge on any atom is -0.369 e. The molecule has 1 saturated heterocycles. The van der Waals surface area contributed by atoms with Crippen molar-refractivity contribution in [2.75, 3.05) is 13.1 Å². The molecule has 0 aliphatic carbocycles. The van der Waals surface area contributed by atoms with Gasteiger partial charge in [0.2, 0.25) is 0 Å². The molecule has 74 valence electrons. The number of nitriles is 1. The zero-order valence-electron chi connectivity index (χ0n) is 8.40. The van der Waals surface area contributed by atoms with Gasteiger partial charge >= 0.3 is 0 Å². The van der Waals surface area contributed by atoms with Crippen molar-refractivity contribution >= 4 is 0 Å². The zero-order valence-corrected chi connectivity index (χ0v) is 8.40. The van der Waals surface area contributed by atoms with Gasteiger partial charge in [-0.15, -0.1) is 0 Å². The monoisotopic (exact) mass is 189 g/mol. The molecule has 0 amide bonds. The van der Waals surface area contributed by atoms with Crippen LogP contribution in [0.5, 0.6) is 0 Å². The van der Waals surface area contributed by atoms with Crippen LogP contribution in [-0.4, -0.2) is 30.1 Å². The topological polar surface area (TPSA) is 39.1 Å². The van der Waals surface area contributed by atoms with Crippen LogP contribution in [0.2, 0.25) is 0 Å². The van der Waals surface area contributed by atoms with Crippen molar-refractivity contribution in [3.05, 3.63) is 23.9 Å². The van der Waals surface area contributed by atoms with Gasteiger partial charge in [-0.3, -0.25) is 4.90 Å². The fourth-order valence-electron chi connectivity index (χ4n) is 1.78. The fraction of sp³-hybridized carbons (Fsp3) is 0.545. The fourth-order valence-corrected chi connectivity index (χ4v) is 1.78.